The Kier molecular flexibility index (Phi) is 5.20. The van der Waals surface area contributed by atoms with Gasteiger partial charge in [-0.1, -0.05) is 41.4 Å². The second-order valence-electron chi connectivity index (χ2n) is 5.83. The lowest BCUT2D eigenvalue weighted by molar-refractivity contribution is -0.123. The molecule has 3 aromatic rings. The lowest BCUT2D eigenvalue weighted by Crippen LogP contribution is -2.30. The highest BCUT2D eigenvalue weighted by Crippen LogP contribution is 2.26. The van der Waals surface area contributed by atoms with Gasteiger partial charge in [0.05, 0.1) is 16.3 Å². The van der Waals surface area contributed by atoms with Crippen molar-refractivity contribution >= 4 is 51.7 Å². The van der Waals surface area contributed by atoms with Gasteiger partial charge in [-0.3, -0.25) is 4.79 Å². The van der Waals surface area contributed by atoms with E-state index in [1.807, 2.05) is 35.9 Å². The number of aromatic nitrogens is 1. The van der Waals surface area contributed by atoms with E-state index < -0.39 is 18.0 Å². The van der Waals surface area contributed by atoms with Crippen molar-refractivity contribution < 1.29 is 14.3 Å². The van der Waals surface area contributed by atoms with Crippen molar-refractivity contribution in [2.24, 2.45) is 7.05 Å². The van der Waals surface area contributed by atoms with Crippen LogP contribution in [0.15, 0.2) is 48.7 Å². The van der Waals surface area contributed by atoms with E-state index in [1.54, 1.807) is 18.3 Å². The second-order valence-corrected chi connectivity index (χ2v) is 6.68. The van der Waals surface area contributed by atoms with Gasteiger partial charge in [0.1, 0.15) is 0 Å². The number of hydrogen-bond donors (Lipinski definition) is 1. The van der Waals surface area contributed by atoms with Gasteiger partial charge in [-0.05, 0) is 31.2 Å². The molecule has 0 aliphatic rings. The van der Waals surface area contributed by atoms with E-state index in [2.05, 4.69) is 5.32 Å². The highest BCUT2D eigenvalue weighted by molar-refractivity contribution is 6.35. The third-order valence-corrected chi connectivity index (χ3v) is 4.52. The monoisotopic (exact) mass is 390 g/mol. The van der Waals surface area contributed by atoms with Crippen LogP contribution in [0, 0.1) is 0 Å². The first-order valence-electron chi connectivity index (χ1n) is 7.88. The van der Waals surface area contributed by atoms with Crippen molar-refractivity contribution in [3.05, 3.63) is 64.3 Å². The maximum atomic E-state index is 12.5. The minimum Gasteiger partial charge on any atom is -0.449 e. The minimum atomic E-state index is -1.00. The molecule has 0 fully saturated rings. The molecule has 0 bridgehead atoms. The Bertz CT molecular complexity index is 998. The van der Waals surface area contributed by atoms with Crippen molar-refractivity contribution in [1.29, 1.82) is 0 Å². The lowest BCUT2D eigenvalue weighted by Gasteiger charge is -2.14. The Balaban J connectivity index is 1.74. The number of anilines is 1. The standard InChI is InChI=1S/C19H16Cl2N2O3/c1-11(18(24)22-16-9-12(20)7-8-15(16)21)26-19(25)14-10-23(2)17-6-4-3-5-13(14)17/h3-11H,1-2H3,(H,22,24)/t11-/m0/s1. The van der Waals surface area contributed by atoms with Gasteiger partial charge >= 0.3 is 5.97 Å². The van der Waals surface area contributed by atoms with Gasteiger partial charge < -0.3 is 14.6 Å². The molecule has 1 N–H and O–H groups in total. The van der Waals surface area contributed by atoms with E-state index in [9.17, 15) is 9.59 Å². The van der Waals surface area contributed by atoms with E-state index >= 15 is 0 Å². The van der Waals surface area contributed by atoms with Crippen LogP contribution in [0.25, 0.3) is 10.9 Å². The van der Waals surface area contributed by atoms with Crippen LogP contribution >= 0.6 is 23.2 Å². The van der Waals surface area contributed by atoms with Gasteiger partial charge in [0, 0.05) is 29.2 Å². The maximum absolute atomic E-state index is 12.5. The zero-order valence-electron chi connectivity index (χ0n) is 14.1. The maximum Gasteiger partial charge on any atom is 0.341 e. The topological polar surface area (TPSA) is 60.3 Å². The summed E-state index contributed by atoms with van der Waals surface area (Å²) in [6.07, 6.45) is 0.683. The molecular formula is C19H16Cl2N2O3. The number of nitrogens with zero attached hydrogens (tertiary/aromatic N) is 1. The third kappa shape index (κ3) is 3.69. The molecule has 26 heavy (non-hydrogen) atoms. The minimum absolute atomic E-state index is 0.343. The summed E-state index contributed by atoms with van der Waals surface area (Å²) in [5, 5.41) is 4.16. The van der Waals surface area contributed by atoms with Gasteiger partial charge in [-0.25, -0.2) is 4.79 Å². The molecule has 7 heteroatoms. The van der Waals surface area contributed by atoms with Crippen LogP contribution in [-0.2, 0) is 16.6 Å². The molecule has 0 aliphatic heterocycles. The van der Waals surface area contributed by atoms with Crippen molar-refractivity contribution in [2.45, 2.75) is 13.0 Å². The summed E-state index contributed by atoms with van der Waals surface area (Å²) in [5.41, 5.74) is 1.67. The number of nitrogens with one attached hydrogen (secondary N) is 1. The molecule has 3 rings (SSSR count). The Hall–Kier alpha value is -2.50. The largest absolute Gasteiger partial charge is 0.449 e. The van der Waals surface area contributed by atoms with E-state index in [0.717, 1.165) is 10.9 Å². The first-order chi connectivity index (χ1) is 12.4. The summed E-state index contributed by atoms with van der Waals surface area (Å²) < 4.78 is 7.16. The van der Waals surface area contributed by atoms with E-state index in [0.29, 0.717) is 21.3 Å². The summed E-state index contributed by atoms with van der Waals surface area (Å²) >= 11 is 11.9. The number of amides is 1. The van der Waals surface area contributed by atoms with E-state index in [4.69, 9.17) is 27.9 Å². The van der Waals surface area contributed by atoms with Crippen molar-refractivity contribution in [3.63, 3.8) is 0 Å². The molecule has 0 unspecified atom stereocenters. The van der Waals surface area contributed by atoms with E-state index in [-0.39, 0.29) is 0 Å². The third-order valence-electron chi connectivity index (χ3n) is 3.96. The predicted octanol–water partition coefficient (Wildman–Crippen LogP) is 4.67. The molecular weight excluding hydrogens is 375 g/mol. The number of para-hydroxylation sites is 1. The SMILES string of the molecule is C[C@H](OC(=O)c1cn(C)c2ccccc12)C(=O)Nc1cc(Cl)ccc1Cl. The zero-order chi connectivity index (χ0) is 18.8. The normalized spacial score (nSPS) is 12.0. The average Bonchev–Trinajstić information content (AvgIpc) is 2.95. The Morgan fingerprint density at radius 2 is 1.88 bits per heavy atom. The van der Waals surface area contributed by atoms with Gasteiger partial charge in [0.25, 0.3) is 5.91 Å². The Morgan fingerprint density at radius 3 is 2.65 bits per heavy atom. The highest BCUT2D eigenvalue weighted by Gasteiger charge is 2.22. The number of benzene rings is 2. The fourth-order valence-electron chi connectivity index (χ4n) is 2.61. The molecule has 2 aromatic carbocycles. The fraction of sp³-hybridized carbons (Fsp3) is 0.158. The van der Waals surface area contributed by atoms with Crippen molar-refractivity contribution in [1.82, 2.24) is 4.57 Å². The number of hydrogen-bond acceptors (Lipinski definition) is 3. The number of carbonyl (C=O) groups is 2. The Labute approximate surface area is 160 Å². The zero-order valence-corrected chi connectivity index (χ0v) is 15.6. The smallest absolute Gasteiger partial charge is 0.341 e. The molecule has 1 aromatic heterocycles. The van der Waals surface area contributed by atoms with Crippen molar-refractivity contribution in [2.75, 3.05) is 5.32 Å². The lowest BCUT2D eigenvalue weighted by atomic mass is 10.2. The molecule has 0 radical (unpaired) electrons. The molecule has 1 heterocycles. The number of fused-ring (bicyclic) bond motifs is 1. The van der Waals surface area contributed by atoms with Gasteiger partial charge in [-0.15, -0.1) is 0 Å². The molecule has 5 nitrogen and oxygen atoms in total. The summed E-state index contributed by atoms with van der Waals surface area (Å²) in [6.45, 7) is 1.50. The molecule has 0 saturated carbocycles. The first kappa shape index (κ1) is 18.3. The summed E-state index contributed by atoms with van der Waals surface area (Å²) in [6, 6.07) is 12.2. The van der Waals surface area contributed by atoms with Gasteiger partial charge in [0.15, 0.2) is 6.10 Å². The Morgan fingerprint density at radius 1 is 1.15 bits per heavy atom. The number of rotatable bonds is 4. The van der Waals surface area contributed by atoms with Crippen LogP contribution in [0.3, 0.4) is 0 Å². The number of halogens is 2. The summed E-state index contributed by atoms with van der Waals surface area (Å²) in [7, 11) is 1.84. The quantitative estimate of drug-likeness (QED) is 0.658. The van der Waals surface area contributed by atoms with Crippen LogP contribution < -0.4 is 5.32 Å². The van der Waals surface area contributed by atoms with Crippen LogP contribution in [-0.4, -0.2) is 22.5 Å². The predicted molar refractivity (Wildman–Crippen MR) is 103 cm³/mol. The van der Waals surface area contributed by atoms with Crippen LogP contribution in [0.2, 0.25) is 10.0 Å². The molecule has 1 amide bonds. The number of ether oxygens (including phenoxy) is 1. The molecule has 0 saturated heterocycles. The molecule has 1 atom stereocenters. The molecule has 0 aliphatic carbocycles. The van der Waals surface area contributed by atoms with Gasteiger partial charge in [0.2, 0.25) is 0 Å². The second kappa shape index (κ2) is 7.40. The van der Waals surface area contributed by atoms with Crippen LogP contribution in [0.4, 0.5) is 5.69 Å². The first-order valence-corrected chi connectivity index (χ1v) is 8.63. The number of esters is 1. The number of aryl methyl sites for hydroxylation is 1. The summed E-state index contributed by atoms with van der Waals surface area (Å²) in [5.74, 6) is -1.07. The molecule has 0 spiro atoms. The van der Waals surface area contributed by atoms with Gasteiger partial charge in [-0.2, -0.15) is 0 Å². The average molecular weight is 391 g/mol. The summed E-state index contributed by atoms with van der Waals surface area (Å²) in [4.78, 5) is 24.8. The van der Waals surface area contributed by atoms with Crippen LogP contribution in [0.5, 0.6) is 0 Å². The van der Waals surface area contributed by atoms with Crippen molar-refractivity contribution in [3.8, 4) is 0 Å². The molecule has 134 valence electrons. The highest BCUT2D eigenvalue weighted by atomic mass is 35.5. The van der Waals surface area contributed by atoms with E-state index in [1.165, 1.54) is 13.0 Å². The van der Waals surface area contributed by atoms with Crippen LogP contribution in [0.1, 0.15) is 17.3 Å². The fourth-order valence-corrected chi connectivity index (χ4v) is 2.95. The number of carbonyl (C=O) groups excluding carboxylic acids is 2.